The van der Waals surface area contributed by atoms with Crippen LogP contribution in [0.4, 0.5) is 5.82 Å². The maximum Gasteiger partial charge on any atom is 0.284 e. The lowest BCUT2D eigenvalue weighted by atomic mass is 10.2. The highest BCUT2D eigenvalue weighted by Gasteiger charge is 2.23. The zero-order valence-corrected chi connectivity index (χ0v) is 18.8. The normalized spacial score (nSPS) is 12.5. The summed E-state index contributed by atoms with van der Waals surface area (Å²) in [6.07, 6.45) is 5.06. The van der Waals surface area contributed by atoms with E-state index in [2.05, 4.69) is 19.9 Å². The van der Waals surface area contributed by atoms with Crippen molar-refractivity contribution >= 4 is 46.6 Å². The van der Waals surface area contributed by atoms with Crippen LogP contribution >= 0.6 is 24.2 Å². The number of aromatic nitrogens is 6. The zero-order valence-electron chi connectivity index (χ0n) is 17.2. The van der Waals surface area contributed by atoms with Crippen molar-refractivity contribution < 1.29 is 0 Å². The fraction of sp³-hybridized carbons (Fsp3) is 0.182. The number of anilines is 1. The van der Waals surface area contributed by atoms with Crippen molar-refractivity contribution in [3.8, 4) is 5.69 Å². The van der Waals surface area contributed by atoms with Crippen LogP contribution in [0.2, 0.25) is 5.02 Å². The van der Waals surface area contributed by atoms with E-state index in [-0.39, 0.29) is 5.56 Å². The molecular formula is C22H20ClN7OS. The molecule has 162 valence electrons. The van der Waals surface area contributed by atoms with Gasteiger partial charge in [-0.2, -0.15) is 17.7 Å². The fourth-order valence-corrected chi connectivity index (χ4v) is 4.44. The van der Waals surface area contributed by atoms with Gasteiger partial charge in [0.15, 0.2) is 5.82 Å². The highest BCUT2D eigenvalue weighted by molar-refractivity contribution is 7.80. The molecule has 10 heteroatoms. The minimum Gasteiger partial charge on any atom is -0.355 e. The van der Waals surface area contributed by atoms with Gasteiger partial charge in [-0.1, -0.05) is 29.8 Å². The number of hydrogen-bond donors (Lipinski definition) is 2. The Morgan fingerprint density at radius 1 is 1.19 bits per heavy atom. The van der Waals surface area contributed by atoms with Crippen molar-refractivity contribution in [1.82, 2.24) is 29.1 Å². The largest absolute Gasteiger partial charge is 0.355 e. The summed E-state index contributed by atoms with van der Waals surface area (Å²) >= 11 is 11.2. The molecule has 0 aliphatic rings. The minimum absolute atomic E-state index is 0.242. The Kier molecular flexibility index (Phi) is 5.36. The second-order valence-corrected chi connectivity index (χ2v) is 8.31. The first-order valence-corrected chi connectivity index (χ1v) is 11.0. The van der Waals surface area contributed by atoms with Crippen LogP contribution in [-0.2, 0) is 0 Å². The van der Waals surface area contributed by atoms with E-state index < -0.39 is 5.25 Å². The summed E-state index contributed by atoms with van der Waals surface area (Å²) < 4.78 is 3.10. The van der Waals surface area contributed by atoms with Crippen LogP contribution in [0.15, 0.2) is 66.0 Å². The summed E-state index contributed by atoms with van der Waals surface area (Å²) in [6.45, 7) is 3.23. The first-order chi connectivity index (χ1) is 15.6. The maximum atomic E-state index is 13.4. The molecule has 0 amide bonds. The van der Waals surface area contributed by atoms with E-state index in [1.807, 2.05) is 49.5 Å². The molecule has 1 unspecified atom stereocenters. The molecule has 5 aromatic rings. The molecule has 0 saturated carbocycles. The number of hydrogen-bond acceptors (Lipinski definition) is 6. The Morgan fingerprint density at radius 2 is 2.00 bits per heavy atom. The smallest absolute Gasteiger partial charge is 0.284 e. The second-order valence-electron chi connectivity index (χ2n) is 7.28. The molecule has 0 radical (unpaired) electrons. The Bertz CT molecular complexity index is 1460. The number of nitrogens with one attached hydrogen (secondary N) is 1. The van der Waals surface area contributed by atoms with Crippen molar-refractivity contribution in [2.75, 3.05) is 18.0 Å². The summed E-state index contributed by atoms with van der Waals surface area (Å²) in [5.74, 6) is 1.32. The van der Waals surface area contributed by atoms with Gasteiger partial charge < -0.3 is 9.88 Å². The second kappa shape index (κ2) is 8.33. The summed E-state index contributed by atoms with van der Waals surface area (Å²) in [5, 5.41) is 5.62. The molecule has 0 spiro atoms. The quantitative estimate of drug-likeness (QED) is 0.371. The van der Waals surface area contributed by atoms with E-state index in [1.54, 1.807) is 16.8 Å². The SMILES string of the molecule is CCN(CC(S)c1nn2ccc(Cl)c2c(=O)n1-c1ccccc1)c1ncnc2[nH]ccc12. The lowest BCUT2D eigenvalue weighted by Crippen LogP contribution is -2.32. The van der Waals surface area contributed by atoms with E-state index in [0.717, 1.165) is 16.9 Å². The Balaban J connectivity index is 1.62. The molecule has 32 heavy (non-hydrogen) atoms. The molecule has 4 heterocycles. The predicted octanol–water partition coefficient (Wildman–Crippen LogP) is 3.91. The van der Waals surface area contributed by atoms with Crippen LogP contribution < -0.4 is 10.5 Å². The van der Waals surface area contributed by atoms with Crippen LogP contribution in [0.3, 0.4) is 0 Å². The number of fused-ring (bicyclic) bond motifs is 2. The van der Waals surface area contributed by atoms with Gasteiger partial charge in [0, 0.05) is 25.5 Å². The molecule has 1 atom stereocenters. The van der Waals surface area contributed by atoms with E-state index in [0.29, 0.717) is 35.1 Å². The zero-order chi connectivity index (χ0) is 22.2. The molecule has 4 aromatic heterocycles. The molecule has 0 aliphatic carbocycles. The van der Waals surface area contributed by atoms with Crippen molar-refractivity contribution in [2.45, 2.75) is 12.2 Å². The predicted molar refractivity (Wildman–Crippen MR) is 129 cm³/mol. The highest BCUT2D eigenvalue weighted by Crippen LogP contribution is 2.27. The Morgan fingerprint density at radius 3 is 2.78 bits per heavy atom. The monoisotopic (exact) mass is 465 g/mol. The molecule has 0 aliphatic heterocycles. The molecule has 1 aromatic carbocycles. The molecule has 0 saturated heterocycles. The average molecular weight is 466 g/mol. The molecule has 8 nitrogen and oxygen atoms in total. The van der Waals surface area contributed by atoms with Crippen molar-refractivity contribution in [2.24, 2.45) is 0 Å². The first-order valence-electron chi connectivity index (χ1n) is 10.1. The van der Waals surface area contributed by atoms with Gasteiger partial charge in [0.25, 0.3) is 5.56 Å². The summed E-state index contributed by atoms with van der Waals surface area (Å²) in [5.41, 5.74) is 1.56. The van der Waals surface area contributed by atoms with Gasteiger partial charge in [-0.3, -0.25) is 9.36 Å². The molecule has 5 rings (SSSR count). The van der Waals surface area contributed by atoms with Crippen LogP contribution in [0.5, 0.6) is 0 Å². The fourth-order valence-electron chi connectivity index (χ4n) is 3.86. The number of rotatable bonds is 6. The summed E-state index contributed by atoms with van der Waals surface area (Å²) in [6, 6.07) is 13.0. The average Bonchev–Trinajstić information content (AvgIpc) is 3.44. The first kappa shape index (κ1) is 20.6. The Labute approximate surface area is 193 Å². The number of likely N-dealkylation sites (N-methyl/N-ethyl adjacent to an activating group) is 1. The van der Waals surface area contributed by atoms with Gasteiger partial charge in [-0.15, -0.1) is 0 Å². The van der Waals surface area contributed by atoms with E-state index >= 15 is 0 Å². The van der Waals surface area contributed by atoms with Crippen LogP contribution in [-0.4, -0.2) is 42.2 Å². The number of H-pyrrole nitrogens is 1. The molecule has 0 bridgehead atoms. The number of aromatic amines is 1. The number of nitrogens with zero attached hydrogens (tertiary/aromatic N) is 6. The van der Waals surface area contributed by atoms with Crippen molar-refractivity contribution in [1.29, 1.82) is 0 Å². The van der Waals surface area contributed by atoms with Gasteiger partial charge in [-0.05, 0) is 31.2 Å². The molecule has 1 N–H and O–H groups in total. The highest BCUT2D eigenvalue weighted by atomic mass is 35.5. The molecule has 0 fully saturated rings. The number of benzene rings is 1. The molecular weight excluding hydrogens is 446 g/mol. The number of halogens is 1. The van der Waals surface area contributed by atoms with Crippen molar-refractivity contribution in [3.63, 3.8) is 0 Å². The van der Waals surface area contributed by atoms with Gasteiger partial charge in [0.2, 0.25) is 0 Å². The van der Waals surface area contributed by atoms with Crippen molar-refractivity contribution in [3.05, 3.63) is 82.4 Å². The third-order valence-corrected chi connectivity index (χ3v) is 6.08. The third kappa shape index (κ3) is 3.43. The number of para-hydroxylation sites is 1. The van der Waals surface area contributed by atoms with Crippen LogP contribution in [0.25, 0.3) is 22.2 Å². The maximum absolute atomic E-state index is 13.4. The topological polar surface area (TPSA) is 84.1 Å². The standard InChI is InChI=1S/C22H20ClN7OS/c1-2-28(20-15-8-10-24-19(15)25-13-26-20)12-17(32)21-27-29-11-9-16(23)18(29)22(31)30(21)14-6-4-3-5-7-14/h3-11,13,17,32H,2,12H2,1H3,(H,24,25,26). The summed E-state index contributed by atoms with van der Waals surface area (Å²) in [7, 11) is 0. The van der Waals surface area contributed by atoms with E-state index in [1.165, 1.54) is 10.8 Å². The van der Waals surface area contributed by atoms with Gasteiger partial charge in [0.1, 0.15) is 23.3 Å². The third-order valence-electron chi connectivity index (χ3n) is 5.38. The lowest BCUT2D eigenvalue weighted by Gasteiger charge is -2.26. The van der Waals surface area contributed by atoms with Gasteiger partial charge in [-0.25, -0.2) is 14.5 Å². The summed E-state index contributed by atoms with van der Waals surface area (Å²) in [4.78, 5) is 27.4. The lowest BCUT2D eigenvalue weighted by molar-refractivity contribution is 0.684. The van der Waals surface area contributed by atoms with E-state index in [9.17, 15) is 4.79 Å². The minimum atomic E-state index is -0.391. The van der Waals surface area contributed by atoms with Gasteiger partial charge >= 0.3 is 0 Å². The Hall–Kier alpha value is -3.30. The van der Waals surface area contributed by atoms with Gasteiger partial charge in [0.05, 0.1) is 21.3 Å². The van der Waals surface area contributed by atoms with Crippen LogP contribution in [0, 0.1) is 0 Å². The number of thiol groups is 1. The van der Waals surface area contributed by atoms with Crippen LogP contribution in [0.1, 0.15) is 18.0 Å². The van der Waals surface area contributed by atoms with E-state index in [4.69, 9.17) is 29.3 Å².